The predicted octanol–water partition coefficient (Wildman–Crippen LogP) is 2.57. The highest BCUT2D eigenvalue weighted by atomic mass is 79.9. The van der Waals surface area contributed by atoms with Crippen molar-refractivity contribution in [1.82, 2.24) is 9.97 Å². The third-order valence-electron chi connectivity index (χ3n) is 1.89. The van der Waals surface area contributed by atoms with E-state index in [1.165, 1.54) is 0 Å². The van der Waals surface area contributed by atoms with Crippen LogP contribution in [-0.4, -0.2) is 9.97 Å². The molecule has 0 atom stereocenters. The second-order valence-corrected chi connectivity index (χ2v) is 3.77. The topological polar surface area (TPSA) is 49.6 Å². The van der Waals surface area contributed by atoms with Gasteiger partial charge in [0.05, 0.1) is 11.3 Å². The lowest BCUT2D eigenvalue weighted by Crippen LogP contribution is -1.91. The van der Waals surface area contributed by atoms with Crippen molar-refractivity contribution in [2.75, 3.05) is 0 Å². The van der Waals surface area contributed by atoms with Crippen LogP contribution in [0.2, 0.25) is 0 Å². The summed E-state index contributed by atoms with van der Waals surface area (Å²) in [6.07, 6.45) is 1.66. The number of nitriles is 1. The minimum absolute atomic E-state index is 0.552. The van der Waals surface area contributed by atoms with Crippen LogP contribution in [0.15, 0.2) is 22.8 Å². The molecule has 3 nitrogen and oxygen atoms in total. The molecule has 0 amide bonds. The zero-order chi connectivity index (χ0) is 10.1. The standard InChI is InChI=1S/C10H6BrN3/c1-6-5-13-9-7(4-12)2-3-8(11)10(9)14-6/h2-3,5H,1H3. The Kier molecular flexibility index (Phi) is 2.18. The summed E-state index contributed by atoms with van der Waals surface area (Å²) >= 11 is 3.38. The molecule has 0 radical (unpaired) electrons. The molecule has 0 bridgehead atoms. The lowest BCUT2D eigenvalue weighted by Gasteiger charge is -2.01. The summed E-state index contributed by atoms with van der Waals surface area (Å²) in [5, 5.41) is 8.86. The molecule has 1 aromatic heterocycles. The average Bonchev–Trinajstić information content (AvgIpc) is 2.19. The second-order valence-electron chi connectivity index (χ2n) is 2.92. The van der Waals surface area contributed by atoms with Gasteiger partial charge in [-0.2, -0.15) is 5.26 Å². The summed E-state index contributed by atoms with van der Waals surface area (Å²) in [5.41, 5.74) is 2.78. The first-order valence-corrected chi connectivity index (χ1v) is 4.83. The number of benzene rings is 1. The Balaban J connectivity index is 2.93. The SMILES string of the molecule is Cc1cnc2c(C#N)ccc(Br)c2n1. The fourth-order valence-corrected chi connectivity index (χ4v) is 1.65. The van der Waals surface area contributed by atoms with Crippen molar-refractivity contribution in [2.45, 2.75) is 6.92 Å². The molecule has 0 spiro atoms. The molecule has 1 aromatic carbocycles. The Morgan fingerprint density at radius 2 is 2.14 bits per heavy atom. The van der Waals surface area contributed by atoms with E-state index in [0.29, 0.717) is 11.1 Å². The Morgan fingerprint density at radius 3 is 2.86 bits per heavy atom. The van der Waals surface area contributed by atoms with Gasteiger partial charge in [0.15, 0.2) is 0 Å². The van der Waals surface area contributed by atoms with Gasteiger partial charge in [0.2, 0.25) is 0 Å². The monoisotopic (exact) mass is 247 g/mol. The van der Waals surface area contributed by atoms with E-state index in [1.807, 2.05) is 13.0 Å². The summed E-state index contributed by atoms with van der Waals surface area (Å²) in [4.78, 5) is 8.52. The van der Waals surface area contributed by atoms with Crippen molar-refractivity contribution in [3.63, 3.8) is 0 Å². The largest absolute Gasteiger partial charge is 0.251 e. The molecule has 0 saturated heterocycles. The zero-order valence-corrected chi connectivity index (χ0v) is 9.04. The smallest absolute Gasteiger partial charge is 0.108 e. The minimum Gasteiger partial charge on any atom is -0.251 e. The van der Waals surface area contributed by atoms with Gasteiger partial charge in [0.25, 0.3) is 0 Å². The highest BCUT2D eigenvalue weighted by molar-refractivity contribution is 9.10. The zero-order valence-electron chi connectivity index (χ0n) is 7.45. The summed E-state index contributed by atoms with van der Waals surface area (Å²) in [6.45, 7) is 1.87. The summed E-state index contributed by atoms with van der Waals surface area (Å²) in [7, 11) is 0. The fraction of sp³-hybridized carbons (Fsp3) is 0.100. The first-order valence-electron chi connectivity index (χ1n) is 4.04. The van der Waals surface area contributed by atoms with Crippen LogP contribution in [0, 0.1) is 18.3 Å². The maximum atomic E-state index is 8.86. The molecule has 0 fully saturated rings. The molecular weight excluding hydrogens is 242 g/mol. The molecule has 2 aromatic rings. The summed E-state index contributed by atoms with van der Waals surface area (Å²) in [5.74, 6) is 0. The number of hydrogen-bond acceptors (Lipinski definition) is 3. The van der Waals surface area contributed by atoms with Gasteiger partial charge in [-0.05, 0) is 35.0 Å². The van der Waals surface area contributed by atoms with Crippen molar-refractivity contribution < 1.29 is 0 Å². The highest BCUT2D eigenvalue weighted by Gasteiger charge is 2.06. The lowest BCUT2D eigenvalue weighted by atomic mass is 10.2. The number of nitrogens with zero attached hydrogens (tertiary/aromatic N) is 3. The molecule has 2 rings (SSSR count). The van der Waals surface area contributed by atoms with E-state index in [9.17, 15) is 0 Å². The van der Waals surface area contributed by atoms with Crippen LogP contribution in [0.1, 0.15) is 11.3 Å². The second kappa shape index (κ2) is 3.35. The van der Waals surface area contributed by atoms with E-state index in [0.717, 1.165) is 15.7 Å². The average molecular weight is 248 g/mol. The van der Waals surface area contributed by atoms with Gasteiger partial charge in [0.1, 0.15) is 17.1 Å². The van der Waals surface area contributed by atoms with Crippen LogP contribution >= 0.6 is 15.9 Å². The molecule has 1 heterocycles. The minimum atomic E-state index is 0.552. The predicted molar refractivity (Wildman–Crippen MR) is 56.7 cm³/mol. The van der Waals surface area contributed by atoms with E-state index in [2.05, 4.69) is 32.0 Å². The van der Waals surface area contributed by atoms with E-state index in [1.54, 1.807) is 12.3 Å². The van der Waals surface area contributed by atoms with E-state index < -0.39 is 0 Å². The van der Waals surface area contributed by atoms with Crippen molar-refractivity contribution in [3.8, 4) is 6.07 Å². The maximum Gasteiger partial charge on any atom is 0.108 e. The van der Waals surface area contributed by atoms with E-state index in [-0.39, 0.29) is 0 Å². The van der Waals surface area contributed by atoms with Gasteiger partial charge in [-0.1, -0.05) is 0 Å². The first kappa shape index (κ1) is 9.10. The summed E-state index contributed by atoms with van der Waals surface area (Å²) < 4.78 is 0.864. The highest BCUT2D eigenvalue weighted by Crippen LogP contribution is 2.23. The molecule has 0 aliphatic rings. The molecule has 14 heavy (non-hydrogen) atoms. The van der Waals surface area contributed by atoms with Crippen molar-refractivity contribution >= 4 is 27.0 Å². The van der Waals surface area contributed by atoms with Crippen molar-refractivity contribution in [2.24, 2.45) is 0 Å². The quantitative estimate of drug-likeness (QED) is 0.719. The molecule has 68 valence electrons. The van der Waals surface area contributed by atoms with Gasteiger partial charge in [-0.25, -0.2) is 4.98 Å². The number of aromatic nitrogens is 2. The van der Waals surface area contributed by atoms with Gasteiger partial charge in [-0.3, -0.25) is 4.98 Å². The Morgan fingerprint density at radius 1 is 1.36 bits per heavy atom. The molecule has 0 N–H and O–H groups in total. The number of rotatable bonds is 0. The van der Waals surface area contributed by atoms with Crippen LogP contribution in [0.5, 0.6) is 0 Å². The lowest BCUT2D eigenvalue weighted by molar-refractivity contribution is 1.18. The van der Waals surface area contributed by atoms with Crippen molar-refractivity contribution in [1.29, 1.82) is 5.26 Å². The summed E-state index contributed by atoms with van der Waals surface area (Å²) in [6, 6.07) is 5.64. The third-order valence-corrected chi connectivity index (χ3v) is 2.53. The van der Waals surface area contributed by atoms with Gasteiger partial charge >= 0.3 is 0 Å². The van der Waals surface area contributed by atoms with E-state index in [4.69, 9.17) is 5.26 Å². The first-order chi connectivity index (χ1) is 6.72. The fourth-order valence-electron chi connectivity index (χ4n) is 1.25. The molecular formula is C10H6BrN3. The van der Waals surface area contributed by atoms with Crippen LogP contribution < -0.4 is 0 Å². The number of fused-ring (bicyclic) bond motifs is 1. The number of hydrogen-bond donors (Lipinski definition) is 0. The maximum absolute atomic E-state index is 8.86. The van der Waals surface area contributed by atoms with Gasteiger partial charge in [0, 0.05) is 10.7 Å². The van der Waals surface area contributed by atoms with Crippen LogP contribution in [0.4, 0.5) is 0 Å². The number of aryl methyl sites for hydroxylation is 1. The van der Waals surface area contributed by atoms with Crippen LogP contribution in [0.25, 0.3) is 11.0 Å². The van der Waals surface area contributed by atoms with E-state index >= 15 is 0 Å². The van der Waals surface area contributed by atoms with Crippen LogP contribution in [0.3, 0.4) is 0 Å². The molecule has 0 unspecified atom stereocenters. The Bertz CT molecular complexity index is 543. The Hall–Kier alpha value is -1.47. The molecule has 0 saturated carbocycles. The molecule has 4 heteroatoms. The van der Waals surface area contributed by atoms with Crippen molar-refractivity contribution in [3.05, 3.63) is 34.1 Å². The Labute approximate surface area is 89.5 Å². The van der Waals surface area contributed by atoms with Gasteiger partial charge < -0.3 is 0 Å². The van der Waals surface area contributed by atoms with Gasteiger partial charge in [-0.15, -0.1) is 0 Å². The normalized spacial score (nSPS) is 10.1. The number of halogens is 1. The third kappa shape index (κ3) is 1.36. The molecule has 0 aliphatic heterocycles. The molecule has 0 aliphatic carbocycles. The van der Waals surface area contributed by atoms with Crippen LogP contribution in [-0.2, 0) is 0 Å².